The summed E-state index contributed by atoms with van der Waals surface area (Å²) in [6, 6.07) is 2.27. The lowest BCUT2D eigenvalue weighted by molar-refractivity contribution is 0.404. The Morgan fingerprint density at radius 3 is 2.59 bits per heavy atom. The standard InChI is InChI=1S/C13H24N4/c1-5-9(3)7-13(15-14)11-8-10(4)16-17-12(11)6-2/h8-9,13,15H,5-7,14H2,1-4H3. The number of nitrogens with one attached hydrogen (secondary N) is 1. The Bertz CT molecular complexity index is 351. The van der Waals surface area contributed by atoms with Gasteiger partial charge in [-0.15, -0.1) is 0 Å². The summed E-state index contributed by atoms with van der Waals surface area (Å²) in [7, 11) is 0. The lowest BCUT2D eigenvalue weighted by atomic mass is 9.93. The van der Waals surface area contributed by atoms with Gasteiger partial charge in [-0.1, -0.05) is 27.2 Å². The van der Waals surface area contributed by atoms with Gasteiger partial charge < -0.3 is 0 Å². The van der Waals surface area contributed by atoms with E-state index in [0.29, 0.717) is 5.92 Å². The smallest absolute Gasteiger partial charge is 0.0676 e. The van der Waals surface area contributed by atoms with Crippen LogP contribution in [0, 0.1) is 12.8 Å². The fourth-order valence-electron chi connectivity index (χ4n) is 1.96. The molecule has 0 aliphatic carbocycles. The van der Waals surface area contributed by atoms with Crippen LogP contribution in [-0.4, -0.2) is 10.2 Å². The van der Waals surface area contributed by atoms with Crippen molar-refractivity contribution in [2.45, 2.75) is 53.0 Å². The molecule has 0 bridgehead atoms. The van der Waals surface area contributed by atoms with Crippen LogP contribution in [0.3, 0.4) is 0 Å². The SMILES string of the molecule is CCc1nnc(C)cc1C(CC(C)CC)NN. The summed E-state index contributed by atoms with van der Waals surface area (Å²) in [6.07, 6.45) is 3.09. The first-order valence-electron chi connectivity index (χ1n) is 6.41. The Morgan fingerprint density at radius 1 is 1.35 bits per heavy atom. The maximum Gasteiger partial charge on any atom is 0.0676 e. The van der Waals surface area contributed by atoms with Crippen LogP contribution >= 0.6 is 0 Å². The summed E-state index contributed by atoms with van der Waals surface area (Å²) in [5.41, 5.74) is 6.10. The minimum Gasteiger partial charge on any atom is -0.271 e. The minimum absolute atomic E-state index is 0.175. The first-order chi connectivity index (χ1) is 8.12. The van der Waals surface area contributed by atoms with Crippen LogP contribution in [-0.2, 0) is 6.42 Å². The molecule has 0 fully saturated rings. The molecule has 4 nitrogen and oxygen atoms in total. The van der Waals surface area contributed by atoms with Crippen LogP contribution in [0.2, 0.25) is 0 Å². The van der Waals surface area contributed by atoms with Crippen LogP contribution in [0.25, 0.3) is 0 Å². The molecule has 0 aliphatic heterocycles. The molecule has 1 aromatic heterocycles. The molecule has 96 valence electrons. The van der Waals surface area contributed by atoms with Crippen molar-refractivity contribution in [3.05, 3.63) is 23.0 Å². The van der Waals surface area contributed by atoms with Gasteiger partial charge in [-0.25, -0.2) is 0 Å². The van der Waals surface area contributed by atoms with Gasteiger partial charge in [0.15, 0.2) is 0 Å². The molecule has 3 N–H and O–H groups in total. The topological polar surface area (TPSA) is 63.8 Å². The third-order valence-electron chi connectivity index (χ3n) is 3.27. The fraction of sp³-hybridized carbons (Fsp3) is 0.692. The predicted octanol–water partition coefficient (Wildman–Crippen LogP) is 2.29. The van der Waals surface area contributed by atoms with Crippen molar-refractivity contribution in [3.63, 3.8) is 0 Å². The van der Waals surface area contributed by atoms with Gasteiger partial charge in [-0.05, 0) is 37.3 Å². The Labute approximate surface area is 104 Å². The highest BCUT2D eigenvalue weighted by atomic mass is 15.2. The van der Waals surface area contributed by atoms with Crippen molar-refractivity contribution in [3.8, 4) is 0 Å². The molecule has 17 heavy (non-hydrogen) atoms. The summed E-state index contributed by atoms with van der Waals surface area (Å²) in [6.45, 7) is 8.51. The van der Waals surface area contributed by atoms with E-state index in [1.54, 1.807) is 0 Å². The highest BCUT2D eigenvalue weighted by molar-refractivity contribution is 5.24. The molecule has 2 unspecified atom stereocenters. The van der Waals surface area contributed by atoms with Crippen molar-refractivity contribution in [1.29, 1.82) is 0 Å². The first-order valence-corrected chi connectivity index (χ1v) is 6.41. The summed E-state index contributed by atoms with van der Waals surface area (Å²) in [5, 5.41) is 8.36. The number of hydrogen-bond donors (Lipinski definition) is 2. The highest BCUT2D eigenvalue weighted by Gasteiger charge is 2.17. The van der Waals surface area contributed by atoms with Crippen molar-refractivity contribution in [1.82, 2.24) is 15.6 Å². The second-order valence-corrected chi connectivity index (χ2v) is 4.71. The Kier molecular flexibility index (Phi) is 5.51. The molecule has 0 aromatic carbocycles. The quantitative estimate of drug-likeness (QED) is 0.587. The van der Waals surface area contributed by atoms with Crippen molar-refractivity contribution >= 4 is 0 Å². The number of hydrogen-bond acceptors (Lipinski definition) is 4. The van der Waals surface area contributed by atoms with Gasteiger partial charge >= 0.3 is 0 Å². The molecular formula is C13H24N4. The number of nitrogens with two attached hydrogens (primary N) is 1. The summed E-state index contributed by atoms with van der Waals surface area (Å²) in [4.78, 5) is 0. The van der Waals surface area contributed by atoms with E-state index in [1.807, 2.05) is 6.92 Å². The second-order valence-electron chi connectivity index (χ2n) is 4.71. The maximum atomic E-state index is 5.68. The number of nitrogens with zero attached hydrogens (tertiary/aromatic N) is 2. The van der Waals surface area contributed by atoms with Crippen LogP contribution in [0.15, 0.2) is 6.07 Å². The number of rotatable bonds is 6. The summed E-state index contributed by atoms with van der Waals surface area (Å²) in [5.74, 6) is 6.33. The van der Waals surface area contributed by atoms with Gasteiger partial charge in [-0.3, -0.25) is 11.3 Å². The third-order valence-corrected chi connectivity index (χ3v) is 3.27. The molecule has 2 atom stereocenters. The van der Waals surface area contributed by atoms with Crippen molar-refractivity contribution < 1.29 is 0 Å². The molecule has 0 radical (unpaired) electrons. The molecule has 1 rings (SSSR count). The Balaban J connectivity index is 2.97. The van der Waals surface area contributed by atoms with Crippen LogP contribution in [0.4, 0.5) is 0 Å². The van der Waals surface area contributed by atoms with Gasteiger partial charge in [0.1, 0.15) is 0 Å². The van der Waals surface area contributed by atoms with E-state index in [0.717, 1.165) is 30.7 Å². The molecule has 0 saturated heterocycles. The average molecular weight is 236 g/mol. The molecular weight excluding hydrogens is 212 g/mol. The van der Waals surface area contributed by atoms with Crippen LogP contribution in [0.5, 0.6) is 0 Å². The van der Waals surface area contributed by atoms with Crippen molar-refractivity contribution in [2.75, 3.05) is 0 Å². The van der Waals surface area contributed by atoms with E-state index >= 15 is 0 Å². The molecule has 1 heterocycles. The monoisotopic (exact) mass is 236 g/mol. The number of aryl methyl sites for hydroxylation is 2. The van der Waals surface area contributed by atoms with E-state index in [2.05, 4.69) is 42.5 Å². The minimum atomic E-state index is 0.175. The maximum absolute atomic E-state index is 5.68. The number of aromatic nitrogens is 2. The van der Waals surface area contributed by atoms with Crippen molar-refractivity contribution in [2.24, 2.45) is 11.8 Å². The van der Waals surface area contributed by atoms with E-state index < -0.39 is 0 Å². The molecule has 0 amide bonds. The third kappa shape index (κ3) is 3.75. The zero-order chi connectivity index (χ0) is 12.8. The van der Waals surface area contributed by atoms with Gasteiger partial charge in [0.25, 0.3) is 0 Å². The lowest BCUT2D eigenvalue weighted by Crippen LogP contribution is -2.30. The van der Waals surface area contributed by atoms with Gasteiger partial charge in [0.2, 0.25) is 0 Å². The zero-order valence-electron chi connectivity index (χ0n) is 11.3. The molecule has 1 aromatic rings. The highest BCUT2D eigenvalue weighted by Crippen LogP contribution is 2.24. The van der Waals surface area contributed by atoms with E-state index in [1.165, 1.54) is 5.56 Å². The fourth-order valence-corrected chi connectivity index (χ4v) is 1.96. The molecule has 0 aliphatic rings. The summed E-state index contributed by atoms with van der Waals surface area (Å²) < 4.78 is 0. The second kappa shape index (κ2) is 6.67. The average Bonchev–Trinajstić information content (AvgIpc) is 2.35. The molecule has 0 spiro atoms. The zero-order valence-corrected chi connectivity index (χ0v) is 11.3. The molecule has 4 heteroatoms. The van der Waals surface area contributed by atoms with Gasteiger partial charge in [0, 0.05) is 6.04 Å². The predicted molar refractivity (Wildman–Crippen MR) is 70.3 cm³/mol. The Morgan fingerprint density at radius 2 is 2.06 bits per heavy atom. The first kappa shape index (κ1) is 14.1. The lowest BCUT2D eigenvalue weighted by Gasteiger charge is -2.21. The van der Waals surface area contributed by atoms with Gasteiger partial charge in [-0.2, -0.15) is 10.2 Å². The van der Waals surface area contributed by atoms with Gasteiger partial charge in [0.05, 0.1) is 11.4 Å². The van der Waals surface area contributed by atoms with E-state index in [9.17, 15) is 0 Å². The largest absolute Gasteiger partial charge is 0.271 e. The van der Waals surface area contributed by atoms with Crippen LogP contribution in [0.1, 0.15) is 56.6 Å². The number of hydrazine groups is 1. The van der Waals surface area contributed by atoms with E-state index in [-0.39, 0.29) is 6.04 Å². The normalized spacial score (nSPS) is 14.6. The summed E-state index contributed by atoms with van der Waals surface area (Å²) >= 11 is 0. The van der Waals surface area contributed by atoms with E-state index in [4.69, 9.17) is 5.84 Å². The van der Waals surface area contributed by atoms with Crippen LogP contribution < -0.4 is 11.3 Å². The molecule has 0 saturated carbocycles. The Hall–Kier alpha value is -1.00.